The lowest BCUT2D eigenvalue weighted by atomic mass is 10.0. The highest BCUT2D eigenvalue weighted by Crippen LogP contribution is 2.40. The molecule has 0 spiro atoms. The fourth-order valence-electron chi connectivity index (χ4n) is 3.42. The first kappa shape index (κ1) is 22.0. The third kappa shape index (κ3) is 4.51. The van der Waals surface area contributed by atoms with E-state index in [9.17, 15) is 21.6 Å². The van der Waals surface area contributed by atoms with Crippen molar-refractivity contribution in [3.8, 4) is 22.5 Å². The number of aromatic nitrogens is 3. The smallest absolute Gasteiger partial charge is 0.250 e. The number of hydrogen-bond acceptors (Lipinski definition) is 4. The van der Waals surface area contributed by atoms with Crippen LogP contribution in [0.4, 0.5) is 13.2 Å². The largest absolute Gasteiger partial charge is 0.417 e. The third-order valence-electron chi connectivity index (χ3n) is 4.93. The number of aryl methyl sites for hydroxylation is 1. The highest BCUT2D eigenvalue weighted by atomic mass is 32.2. The van der Waals surface area contributed by atoms with Crippen molar-refractivity contribution in [2.45, 2.75) is 12.7 Å². The van der Waals surface area contributed by atoms with Gasteiger partial charge in [0.25, 0.3) is 0 Å². The Kier molecular flexibility index (Phi) is 5.51. The number of benzene rings is 2. The van der Waals surface area contributed by atoms with Crippen LogP contribution in [0.15, 0.2) is 60.7 Å². The predicted octanol–water partition coefficient (Wildman–Crippen LogP) is 4.37. The number of rotatable bonds is 5. The summed E-state index contributed by atoms with van der Waals surface area (Å²) in [7, 11) is -1.79. The number of sulfonamides is 1. The van der Waals surface area contributed by atoms with Crippen LogP contribution in [0.2, 0.25) is 0 Å². The van der Waals surface area contributed by atoms with Gasteiger partial charge in [-0.1, -0.05) is 54.6 Å². The van der Waals surface area contributed by atoms with E-state index in [0.29, 0.717) is 16.7 Å². The summed E-state index contributed by atoms with van der Waals surface area (Å²) in [6.45, 7) is 0.0849. The monoisotopic (exact) mass is 460 g/mol. The molecule has 0 atom stereocenters. The Hall–Kier alpha value is -3.24. The molecule has 0 saturated heterocycles. The van der Waals surface area contributed by atoms with Gasteiger partial charge in [-0.25, -0.2) is 22.8 Å². The lowest BCUT2D eigenvalue weighted by Crippen LogP contribution is -2.21. The topological polar surface area (TPSA) is 76.9 Å². The molecule has 2 aromatic carbocycles. The fraction of sp³-hybridized carbons (Fsp3) is 0.182. The molecule has 0 bridgehead atoms. The van der Waals surface area contributed by atoms with E-state index in [0.717, 1.165) is 12.3 Å². The lowest BCUT2D eigenvalue weighted by molar-refractivity contribution is -0.136. The van der Waals surface area contributed by atoms with Crippen LogP contribution >= 0.6 is 0 Å². The maximum absolute atomic E-state index is 14.1. The quantitative estimate of drug-likeness (QED) is 0.480. The normalized spacial score (nSPS) is 12.4. The van der Waals surface area contributed by atoms with Crippen molar-refractivity contribution in [1.82, 2.24) is 19.5 Å². The van der Waals surface area contributed by atoms with E-state index in [-0.39, 0.29) is 29.0 Å². The molecule has 4 rings (SSSR count). The van der Waals surface area contributed by atoms with Crippen LogP contribution in [-0.4, -0.2) is 29.4 Å². The number of halogens is 3. The van der Waals surface area contributed by atoms with Crippen molar-refractivity contribution in [2.24, 2.45) is 7.05 Å². The number of nitrogens with one attached hydrogen (secondary N) is 1. The second-order valence-electron chi connectivity index (χ2n) is 7.38. The van der Waals surface area contributed by atoms with E-state index in [4.69, 9.17) is 0 Å². The molecule has 0 aliphatic rings. The van der Waals surface area contributed by atoms with Crippen LogP contribution < -0.4 is 4.72 Å². The molecular formula is C22H19F3N4O2S. The first-order valence-corrected chi connectivity index (χ1v) is 11.5. The second-order valence-corrected chi connectivity index (χ2v) is 9.21. The summed E-state index contributed by atoms with van der Waals surface area (Å²) in [4.78, 5) is 4.47. The van der Waals surface area contributed by atoms with E-state index >= 15 is 0 Å². The molecule has 0 saturated carbocycles. The van der Waals surface area contributed by atoms with Crippen molar-refractivity contribution in [1.29, 1.82) is 0 Å². The van der Waals surface area contributed by atoms with Crippen LogP contribution in [0.3, 0.4) is 0 Å². The zero-order valence-electron chi connectivity index (χ0n) is 17.2. The molecule has 0 aliphatic carbocycles. The average Bonchev–Trinajstić information content (AvgIpc) is 3.08. The number of nitrogens with zero attached hydrogens (tertiary/aromatic N) is 3. The summed E-state index contributed by atoms with van der Waals surface area (Å²) in [6.07, 6.45) is -3.56. The SMILES string of the molecule is Cn1nc(-c2ccccc2)c2c(C(F)(F)F)cc(-c3ccc(CNS(C)(=O)=O)cc3)nc21. The molecule has 1 N–H and O–H groups in total. The molecule has 2 heterocycles. The lowest BCUT2D eigenvalue weighted by Gasteiger charge is -2.12. The summed E-state index contributed by atoms with van der Waals surface area (Å²) in [5.74, 6) is 0. The first-order chi connectivity index (χ1) is 15.0. The molecule has 4 aromatic rings. The third-order valence-corrected chi connectivity index (χ3v) is 5.60. The van der Waals surface area contributed by atoms with Gasteiger partial charge in [0, 0.05) is 24.7 Å². The number of fused-ring (bicyclic) bond motifs is 1. The minimum atomic E-state index is -4.61. The average molecular weight is 460 g/mol. The summed E-state index contributed by atoms with van der Waals surface area (Å²) < 4.78 is 68.4. The van der Waals surface area contributed by atoms with E-state index < -0.39 is 21.8 Å². The Morgan fingerprint density at radius 1 is 1.00 bits per heavy atom. The molecule has 0 radical (unpaired) electrons. The van der Waals surface area contributed by atoms with Crippen LogP contribution in [0.1, 0.15) is 11.1 Å². The molecule has 0 unspecified atom stereocenters. The molecule has 0 aliphatic heterocycles. The van der Waals surface area contributed by atoms with Crippen molar-refractivity contribution in [2.75, 3.05) is 6.26 Å². The summed E-state index contributed by atoms with van der Waals surface area (Å²) >= 11 is 0. The van der Waals surface area contributed by atoms with E-state index in [1.165, 1.54) is 4.68 Å². The van der Waals surface area contributed by atoms with Crippen molar-refractivity contribution < 1.29 is 21.6 Å². The van der Waals surface area contributed by atoms with Crippen LogP contribution in [0.5, 0.6) is 0 Å². The first-order valence-electron chi connectivity index (χ1n) is 9.57. The zero-order valence-corrected chi connectivity index (χ0v) is 18.0. The van der Waals surface area contributed by atoms with Crippen molar-refractivity contribution >= 4 is 21.1 Å². The van der Waals surface area contributed by atoms with Crippen LogP contribution in [0.25, 0.3) is 33.5 Å². The van der Waals surface area contributed by atoms with Gasteiger partial charge < -0.3 is 0 Å². The fourth-order valence-corrected chi connectivity index (χ4v) is 3.85. The van der Waals surface area contributed by atoms with Gasteiger partial charge in [0.1, 0.15) is 5.69 Å². The molecule has 0 amide bonds. The van der Waals surface area contributed by atoms with E-state index in [1.54, 1.807) is 61.6 Å². The molecule has 0 fully saturated rings. The highest BCUT2D eigenvalue weighted by molar-refractivity contribution is 7.88. The minimum Gasteiger partial charge on any atom is -0.250 e. The Labute approximate surface area is 182 Å². The highest BCUT2D eigenvalue weighted by Gasteiger charge is 2.36. The zero-order chi connectivity index (χ0) is 23.1. The maximum atomic E-state index is 14.1. The number of hydrogen-bond donors (Lipinski definition) is 1. The van der Waals surface area contributed by atoms with E-state index in [1.807, 2.05) is 0 Å². The molecule has 6 nitrogen and oxygen atoms in total. The van der Waals surface area contributed by atoms with Gasteiger partial charge >= 0.3 is 6.18 Å². The van der Waals surface area contributed by atoms with Crippen LogP contribution in [-0.2, 0) is 29.8 Å². The summed E-state index contributed by atoms with van der Waals surface area (Å²) in [6, 6.07) is 16.2. The van der Waals surface area contributed by atoms with Gasteiger partial charge in [0.05, 0.1) is 22.9 Å². The van der Waals surface area contributed by atoms with Gasteiger partial charge in [0.15, 0.2) is 5.65 Å². The molecular weight excluding hydrogens is 441 g/mol. The molecule has 10 heteroatoms. The standard InChI is InChI=1S/C22H19F3N4O2S/c1-29-21-19(20(28-29)16-6-4-3-5-7-16)17(22(23,24)25)12-18(27-21)15-10-8-14(9-11-15)13-26-32(2,30)31/h3-12,26H,13H2,1-2H3. The van der Waals surface area contributed by atoms with Crippen molar-refractivity contribution in [3.05, 3.63) is 71.8 Å². The van der Waals surface area contributed by atoms with Gasteiger partial charge in [-0.05, 0) is 11.6 Å². The number of alkyl halides is 3. The Bertz CT molecular complexity index is 1380. The van der Waals surface area contributed by atoms with Gasteiger partial charge in [-0.3, -0.25) is 0 Å². The molecule has 2 aromatic heterocycles. The van der Waals surface area contributed by atoms with E-state index in [2.05, 4.69) is 14.8 Å². The summed E-state index contributed by atoms with van der Waals surface area (Å²) in [5.41, 5.74) is 1.39. The van der Waals surface area contributed by atoms with Crippen LogP contribution in [0, 0.1) is 0 Å². The molecule has 32 heavy (non-hydrogen) atoms. The predicted molar refractivity (Wildman–Crippen MR) is 116 cm³/mol. The van der Waals surface area contributed by atoms with Crippen molar-refractivity contribution in [3.63, 3.8) is 0 Å². The van der Waals surface area contributed by atoms with Gasteiger partial charge in [0.2, 0.25) is 10.0 Å². The Morgan fingerprint density at radius 2 is 1.66 bits per heavy atom. The minimum absolute atomic E-state index is 0.0519. The second kappa shape index (κ2) is 8.03. The maximum Gasteiger partial charge on any atom is 0.417 e. The van der Waals surface area contributed by atoms with Gasteiger partial charge in [-0.2, -0.15) is 18.3 Å². The number of pyridine rings is 1. The Balaban J connectivity index is 1.83. The van der Waals surface area contributed by atoms with Gasteiger partial charge in [-0.15, -0.1) is 0 Å². The molecule has 166 valence electrons. The summed E-state index contributed by atoms with van der Waals surface area (Å²) in [5, 5.41) is 4.27. The Morgan fingerprint density at radius 3 is 2.25 bits per heavy atom.